The molecule has 9 nitrogen and oxygen atoms in total. The van der Waals surface area contributed by atoms with Gasteiger partial charge in [-0.1, -0.05) is 12.1 Å². The maximum absolute atomic E-state index is 12.7. The molecule has 10 heteroatoms. The molecule has 2 aromatic carbocycles. The molecule has 0 aliphatic heterocycles. The van der Waals surface area contributed by atoms with Crippen LogP contribution in [0.2, 0.25) is 0 Å². The molecule has 2 aromatic heterocycles. The Bertz CT molecular complexity index is 1340. The molecule has 0 N–H and O–H groups in total. The van der Waals surface area contributed by atoms with E-state index in [-0.39, 0.29) is 21.5 Å². The highest BCUT2D eigenvalue weighted by Gasteiger charge is 2.22. The van der Waals surface area contributed by atoms with Crippen LogP contribution in [-0.2, 0) is 10.0 Å². The predicted octanol–water partition coefficient (Wildman–Crippen LogP) is 2.29. The number of fused-ring (bicyclic) bond motifs is 3. The van der Waals surface area contributed by atoms with Crippen molar-refractivity contribution in [2.24, 2.45) is 0 Å². The lowest BCUT2D eigenvalue weighted by molar-refractivity contribution is -0.384. The van der Waals surface area contributed by atoms with Crippen molar-refractivity contribution in [1.29, 1.82) is 0 Å². The fraction of sp³-hybridized carbons (Fsp3) is 0. The van der Waals surface area contributed by atoms with Crippen molar-refractivity contribution in [3.05, 3.63) is 75.3 Å². The largest absolute Gasteiger partial charge is 0.422 e. The van der Waals surface area contributed by atoms with E-state index in [9.17, 15) is 23.3 Å². The molecule has 0 amide bonds. The molecule has 130 valence electrons. The van der Waals surface area contributed by atoms with Crippen molar-refractivity contribution in [3.8, 4) is 0 Å². The summed E-state index contributed by atoms with van der Waals surface area (Å²) in [7, 11) is -4.13. The highest BCUT2D eigenvalue weighted by Crippen LogP contribution is 2.24. The van der Waals surface area contributed by atoms with E-state index in [4.69, 9.17) is 4.42 Å². The molecule has 0 spiro atoms. The van der Waals surface area contributed by atoms with Gasteiger partial charge in [0.15, 0.2) is 0 Å². The van der Waals surface area contributed by atoms with E-state index in [1.807, 2.05) is 0 Å². The lowest BCUT2D eigenvalue weighted by Gasteiger charge is -2.03. The monoisotopic (exact) mass is 371 g/mol. The normalized spacial score (nSPS) is 11.8. The lowest BCUT2D eigenvalue weighted by Crippen LogP contribution is -2.13. The van der Waals surface area contributed by atoms with Crippen LogP contribution in [-0.4, -0.2) is 22.5 Å². The van der Waals surface area contributed by atoms with Crippen molar-refractivity contribution >= 4 is 37.6 Å². The molecule has 0 bridgehead atoms. The second kappa shape index (κ2) is 5.49. The van der Waals surface area contributed by atoms with E-state index in [0.29, 0.717) is 15.1 Å². The molecular weight excluding hydrogens is 362 g/mol. The molecule has 0 atom stereocenters. The molecule has 26 heavy (non-hydrogen) atoms. The molecule has 4 aromatic rings. The van der Waals surface area contributed by atoms with Crippen LogP contribution in [0, 0.1) is 10.1 Å². The highest BCUT2D eigenvalue weighted by atomic mass is 32.2. The summed E-state index contributed by atoms with van der Waals surface area (Å²) in [5.74, 6) is 0. The summed E-state index contributed by atoms with van der Waals surface area (Å²) in [6, 6.07) is 11.0. The van der Waals surface area contributed by atoms with Crippen molar-refractivity contribution in [1.82, 2.24) is 9.19 Å². The second-order valence-corrected chi connectivity index (χ2v) is 7.20. The van der Waals surface area contributed by atoms with Crippen molar-refractivity contribution in [3.63, 3.8) is 0 Å². The van der Waals surface area contributed by atoms with Crippen molar-refractivity contribution in [2.45, 2.75) is 4.90 Å². The maximum atomic E-state index is 12.7. The van der Waals surface area contributed by atoms with Gasteiger partial charge in [-0.05, 0) is 24.3 Å². The number of non-ortho nitro benzene ring substituents is 1. The Morgan fingerprint density at radius 1 is 1.04 bits per heavy atom. The molecule has 0 aliphatic carbocycles. The van der Waals surface area contributed by atoms with E-state index >= 15 is 0 Å². The van der Waals surface area contributed by atoms with Gasteiger partial charge in [-0.2, -0.15) is 17.6 Å². The number of nitro groups is 1. The first-order valence-corrected chi connectivity index (χ1v) is 8.73. The second-order valence-electron chi connectivity index (χ2n) is 5.41. The SMILES string of the molecule is O=c1oc2ccccc2c2nn(S(=O)(=O)c3ccc([N+](=O)[O-])cc3)cc12. The number of nitro benzene ring substituents is 1. The van der Waals surface area contributed by atoms with Crippen LogP contribution in [0.4, 0.5) is 5.69 Å². The topological polar surface area (TPSA) is 125 Å². The molecule has 2 heterocycles. The van der Waals surface area contributed by atoms with Gasteiger partial charge in [0.2, 0.25) is 0 Å². The molecule has 0 saturated carbocycles. The van der Waals surface area contributed by atoms with Crippen LogP contribution in [0.5, 0.6) is 0 Å². The van der Waals surface area contributed by atoms with Crippen LogP contribution in [0.3, 0.4) is 0 Å². The smallest absolute Gasteiger partial charge is 0.347 e. The first-order chi connectivity index (χ1) is 12.4. The summed E-state index contributed by atoms with van der Waals surface area (Å²) in [6.07, 6.45) is 1.07. The van der Waals surface area contributed by atoms with Crippen LogP contribution in [0.25, 0.3) is 21.9 Å². The van der Waals surface area contributed by atoms with E-state index in [0.717, 1.165) is 30.5 Å². The Kier molecular flexibility index (Phi) is 3.37. The van der Waals surface area contributed by atoms with Gasteiger partial charge in [0.1, 0.15) is 16.5 Å². The van der Waals surface area contributed by atoms with Crippen LogP contribution < -0.4 is 5.63 Å². The maximum Gasteiger partial charge on any atom is 0.347 e. The Morgan fingerprint density at radius 3 is 2.42 bits per heavy atom. The summed E-state index contributed by atoms with van der Waals surface area (Å²) in [6.45, 7) is 0. The zero-order valence-electron chi connectivity index (χ0n) is 12.9. The third-order valence-electron chi connectivity index (χ3n) is 3.85. The van der Waals surface area contributed by atoms with Gasteiger partial charge in [-0.15, -0.1) is 0 Å². The molecule has 4 rings (SSSR count). The summed E-state index contributed by atoms with van der Waals surface area (Å²) in [5.41, 5.74) is -0.449. The Balaban J connectivity index is 1.93. The zero-order chi connectivity index (χ0) is 18.5. The molecule has 0 radical (unpaired) electrons. The fourth-order valence-electron chi connectivity index (χ4n) is 2.58. The molecule has 0 fully saturated rings. The Morgan fingerprint density at radius 2 is 1.73 bits per heavy atom. The predicted molar refractivity (Wildman–Crippen MR) is 91.5 cm³/mol. The van der Waals surface area contributed by atoms with E-state index in [2.05, 4.69) is 5.10 Å². The molecule has 0 saturated heterocycles. The van der Waals surface area contributed by atoms with Gasteiger partial charge >= 0.3 is 5.63 Å². The number of para-hydroxylation sites is 1. The number of aromatic nitrogens is 2. The van der Waals surface area contributed by atoms with E-state index in [1.54, 1.807) is 24.3 Å². The van der Waals surface area contributed by atoms with E-state index in [1.165, 1.54) is 0 Å². The van der Waals surface area contributed by atoms with Crippen molar-refractivity contribution in [2.75, 3.05) is 0 Å². The molecular formula is C16H9N3O6S. The van der Waals surface area contributed by atoms with Crippen molar-refractivity contribution < 1.29 is 17.8 Å². The summed E-state index contributed by atoms with van der Waals surface area (Å²) in [4.78, 5) is 22.0. The first-order valence-electron chi connectivity index (χ1n) is 7.29. The van der Waals surface area contributed by atoms with Crippen LogP contribution in [0.15, 0.2) is 68.8 Å². The minimum Gasteiger partial charge on any atom is -0.422 e. The number of nitrogens with zero attached hydrogens (tertiary/aromatic N) is 3. The Labute approximate surface area is 145 Å². The highest BCUT2D eigenvalue weighted by molar-refractivity contribution is 7.89. The van der Waals surface area contributed by atoms with Gasteiger partial charge in [0.05, 0.1) is 16.0 Å². The quantitative estimate of drug-likeness (QED) is 0.307. The van der Waals surface area contributed by atoms with Gasteiger partial charge < -0.3 is 4.42 Å². The molecule has 0 unspecified atom stereocenters. The minimum atomic E-state index is -4.13. The summed E-state index contributed by atoms with van der Waals surface area (Å²) < 4.78 is 31.3. The number of hydrogen-bond acceptors (Lipinski definition) is 7. The zero-order valence-corrected chi connectivity index (χ0v) is 13.7. The average molecular weight is 371 g/mol. The number of rotatable bonds is 3. The number of benzene rings is 2. The average Bonchev–Trinajstić information content (AvgIpc) is 3.09. The number of hydrogen-bond donors (Lipinski definition) is 0. The van der Waals surface area contributed by atoms with E-state index < -0.39 is 20.6 Å². The van der Waals surface area contributed by atoms with Crippen LogP contribution >= 0.6 is 0 Å². The lowest BCUT2D eigenvalue weighted by atomic mass is 10.2. The van der Waals surface area contributed by atoms with Gasteiger partial charge in [-0.3, -0.25) is 10.1 Å². The third kappa shape index (κ3) is 2.35. The van der Waals surface area contributed by atoms with Gasteiger partial charge in [0.25, 0.3) is 15.7 Å². The van der Waals surface area contributed by atoms with Crippen LogP contribution in [0.1, 0.15) is 0 Å². The Hall–Kier alpha value is -3.53. The summed E-state index contributed by atoms with van der Waals surface area (Å²) in [5, 5.41) is 15.3. The molecule has 0 aliphatic rings. The fourth-order valence-corrected chi connectivity index (χ4v) is 3.71. The standard InChI is InChI=1S/C16H9N3O6S/c20-16-13-9-18(17-15(13)12-3-1-2-4-14(12)25-16)26(23,24)11-7-5-10(6-8-11)19(21)22/h1-9H. The summed E-state index contributed by atoms with van der Waals surface area (Å²) >= 11 is 0. The van der Waals surface area contributed by atoms with Gasteiger partial charge in [0, 0.05) is 17.5 Å². The first kappa shape index (κ1) is 16.0. The third-order valence-corrected chi connectivity index (χ3v) is 5.40. The van der Waals surface area contributed by atoms with Gasteiger partial charge in [-0.25, -0.2) is 4.79 Å². The minimum absolute atomic E-state index is 0.0224.